The lowest BCUT2D eigenvalue weighted by atomic mass is 10.3. The Morgan fingerprint density at radius 1 is 1.31 bits per heavy atom. The molecule has 0 bridgehead atoms. The van der Waals surface area contributed by atoms with Crippen molar-refractivity contribution in [2.24, 2.45) is 0 Å². The summed E-state index contributed by atoms with van der Waals surface area (Å²) in [4.78, 5) is 5.52. The Morgan fingerprint density at radius 2 is 2.06 bits per heavy atom. The number of nitrogens with two attached hydrogens (primary N) is 1. The summed E-state index contributed by atoms with van der Waals surface area (Å²) >= 11 is 1.71. The molecule has 0 amide bonds. The predicted octanol–water partition coefficient (Wildman–Crippen LogP) is 2.66. The van der Waals surface area contributed by atoms with Crippen LogP contribution in [0.4, 0.5) is 5.69 Å². The summed E-state index contributed by atoms with van der Waals surface area (Å²) < 4.78 is 5.59. The zero-order valence-corrected chi connectivity index (χ0v) is 9.96. The molecule has 4 heteroatoms. The Kier molecular flexibility index (Phi) is 3.41. The van der Waals surface area contributed by atoms with Crippen LogP contribution in [0.2, 0.25) is 0 Å². The molecule has 0 spiro atoms. The second kappa shape index (κ2) is 4.99. The summed E-state index contributed by atoms with van der Waals surface area (Å²) in [6.07, 6.45) is 2.74. The number of anilines is 1. The summed E-state index contributed by atoms with van der Waals surface area (Å²) in [5.74, 6) is 0.850. The topological polar surface area (TPSA) is 48.1 Å². The molecule has 16 heavy (non-hydrogen) atoms. The van der Waals surface area contributed by atoms with Gasteiger partial charge in [0.15, 0.2) is 0 Å². The number of aryl methyl sites for hydroxylation is 1. The predicted molar refractivity (Wildman–Crippen MR) is 66.9 cm³/mol. The molecule has 2 rings (SSSR count). The van der Waals surface area contributed by atoms with Crippen LogP contribution >= 0.6 is 11.3 Å². The van der Waals surface area contributed by atoms with Gasteiger partial charge in [-0.25, -0.2) is 4.98 Å². The van der Waals surface area contributed by atoms with Crippen molar-refractivity contribution in [3.8, 4) is 5.75 Å². The van der Waals surface area contributed by atoms with E-state index >= 15 is 0 Å². The highest BCUT2D eigenvalue weighted by Crippen LogP contribution is 2.15. The van der Waals surface area contributed by atoms with E-state index in [9.17, 15) is 0 Å². The SMILES string of the molecule is Cc1cnc(CCOc2ccc(N)cc2)s1. The fourth-order valence-corrected chi connectivity index (χ4v) is 2.11. The minimum atomic E-state index is 0.650. The highest BCUT2D eigenvalue weighted by atomic mass is 32.1. The van der Waals surface area contributed by atoms with E-state index in [-0.39, 0.29) is 0 Å². The summed E-state index contributed by atoms with van der Waals surface area (Å²) in [5, 5.41) is 1.12. The van der Waals surface area contributed by atoms with Crippen LogP contribution in [0, 0.1) is 6.92 Å². The van der Waals surface area contributed by atoms with E-state index in [1.807, 2.05) is 30.5 Å². The lowest BCUT2D eigenvalue weighted by Gasteiger charge is -2.04. The normalized spacial score (nSPS) is 10.3. The summed E-state index contributed by atoms with van der Waals surface area (Å²) in [6.45, 7) is 2.71. The van der Waals surface area contributed by atoms with Crippen molar-refractivity contribution in [3.63, 3.8) is 0 Å². The quantitative estimate of drug-likeness (QED) is 0.827. The standard InChI is InChI=1S/C12H14N2OS/c1-9-8-14-12(16-9)6-7-15-11-4-2-10(13)3-5-11/h2-5,8H,6-7,13H2,1H3. The molecule has 84 valence electrons. The molecule has 1 heterocycles. The van der Waals surface area contributed by atoms with Gasteiger partial charge < -0.3 is 10.5 Å². The molecule has 1 aromatic carbocycles. The lowest BCUT2D eigenvalue weighted by molar-refractivity contribution is 0.322. The fraction of sp³-hybridized carbons (Fsp3) is 0.250. The molecule has 0 atom stereocenters. The van der Waals surface area contributed by atoms with Crippen molar-refractivity contribution in [1.29, 1.82) is 0 Å². The Hall–Kier alpha value is -1.55. The Morgan fingerprint density at radius 3 is 2.69 bits per heavy atom. The van der Waals surface area contributed by atoms with Gasteiger partial charge in [-0.2, -0.15) is 0 Å². The summed E-state index contributed by atoms with van der Waals surface area (Å²) in [5.41, 5.74) is 6.34. The summed E-state index contributed by atoms with van der Waals surface area (Å²) in [7, 11) is 0. The minimum Gasteiger partial charge on any atom is -0.493 e. The van der Waals surface area contributed by atoms with Gasteiger partial charge in [0.25, 0.3) is 0 Å². The van der Waals surface area contributed by atoms with E-state index in [0.717, 1.165) is 22.9 Å². The number of benzene rings is 1. The smallest absolute Gasteiger partial charge is 0.119 e. The third-order valence-corrected chi connectivity index (χ3v) is 3.11. The second-order valence-electron chi connectivity index (χ2n) is 3.53. The average molecular weight is 234 g/mol. The van der Waals surface area contributed by atoms with Crippen LogP contribution in [-0.4, -0.2) is 11.6 Å². The van der Waals surface area contributed by atoms with Crippen molar-refractivity contribution in [1.82, 2.24) is 4.98 Å². The molecule has 0 saturated heterocycles. The van der Waals surface area contributed by atoms with Crippen LogP contribution in [0.15, 0.2) is 30.5 Å². The maximum atomic E-state index is 5.59. The van der Waals surface area contributed by atoms with Gasteiger partial charge in [-0.15, -0.1) is 11.3 Å². The summed E-state index contributed by atoms with van der Waals surface area (Å²) in [6, 6.07) is 7.43. The van der Waals surface area contributed by atoms with Gasteiger partial charge >= 0.3 is 0 Å². The van der Waals surface area contributed by atoms with E-state index < -0.39 is 0 Å². The first-order chi connectivity index (χ1) is 7.74. The Bertz CT molecular complexity index is 450. The molecular formula is C12H14N2OS. The van der Waals surface area contributed by atoms with E-state index in [4.69, 9.17) is 10.5 Å². The number of thiazole rings is 1. The maximum Gasteiger partial charge on any atom is 0.119 e. The molecule has 0 saturated carbocycles. The van der Waals surface area contributed by atoms with Crippen molar-refractivity contribution >= 4 is 17.0 Å². The number of rotatable bonds is 4. The molecule has 0 aliphatic rings. The second-order valence-corrected chi connectivity index (χ2v) is 4.85. The molecule has 0 unspecified atom stereocenters. The number of nitrogen functional groups attached to an aromatic ring is 1. The number of ether oxygens (including phenoxy) is 1. The van der Waals surface area contributed by atoms with E-state index in [1.54, 1.807) is 11.3 Å². The first-order valence-corrected chi connectivity index (χ1v) is 5.95. The van der Waals surface area contributed by atoms with Crippen molar-refractivity contribution < 1.29 is 4.74 Å². The highest BCUT2D eigenvalue weighted by molar-refractivity contribution is 7.11. The van der Waals surface area contributed by atoms with Crippen LogP contribution in [0.5, 0.6) is 5.75 Å². The monoisotopic (exact) mass is 234 g/mol. The lowest BCUT2D eigenvalue weighted by Crippen LogP contribution is -2.00. The first kappa shape index (κ1) is 11.0. The number of hydrogen-bond acceptors (Lipinski definition) is 4. The van der Waals surface area contributed by atoms with E-state index in [0.29, 0.717) is 6.61 Å². The molecule has 1 aromatic heterocycles. The van der Waals surface area contributed by atoms with Crippen molar-refractivity contribution in [3.05, 3.63) is 40.3 Å². The van der Waals surface area contributed by atoms with Crippen LogP contribution in [0.3, 0.4) is 0 Å². The molecular weight excluding hydrogens is 220 g/mol. The largest absolute Gasteiger partial charge is 0.493 e. The van der Waals surface area contributed by atoms with Crippen molar-refractivity contribution in [2.45, 2.75) is 13.3 Å². The average Bonchev–Trinajstić information content (AvgIpc) is 2.67. The first-order valence-electron chi connectivity index (χ1n) is 5.14. The Labute approximate surface area is 98.9 Å². The van der Waals surface area contributed by atoms with Gasteiger partial charge in [0.2, 0.25) is 0 Å². The van der Waals surface area contributed by atoms with Gasteiger partial charge in [0.1, 0.15) is 5.75 Å². The number of hydrogen-bond donors (Lipinski definition) is 1. The van der Waals surface area contributed by atoms with E-state index in [1.165, 1.54) is 4.88 Å². The van der Waals surface area contributed by atoms with Crippen LogP contribution in [0.1, 0.15) is 9.88 Å². The highest BCUT2D eigenvalue weighted by Gasteiger charge is 1.99. The number of aromatic nitrogens is 1. The minimum absolute atomic E-state index is 0.650. The molecule has 3 nitrogen and oxygen atoms in total. The third kappa shape index (κ3) is 2.97. The zero-order chi connectivity index (χ0) is 11.4. The zero-order valence-electron chi connectivity index (χ0n) is 9.14. The maximum absolute atomic E-state index is 5.59. The van der Waals surface area contributed by atoms with Gasteiger partial charge in [-0.05, 0) is 31.2 Å². The van der Waals surface area contributed by atoms with Crippen LogP contribution in [-0.2, 0) is 6.42 Å². The van der Waals surface area contributed by atoms with Gasteiger partial charge in [-0.3, -0.25) is 0 Å². The molecule has 2 N–H and O–H groups in total. The van der Waals surface area contributed by atoms with Crippen LogP contribution in [0.25, 0.3) is 0 Å². The third-order valence-electron chi connectivity index (χ3n) is 2.13. The van der Waals surface area contributed by atoms with Gasteiger partial charge in [0.05, 0.1) is 11.6 Å². The fourth-order valence-electron chi connectivity index (χ4n) is 1.34. The Balaban J connectivity index is 1.82. The molecule has 0 radical (unpaired) electrons. The van der Waals surface area contributed by atoms with Gasteiger partial charge in [0, 0.05) is 23.2 Å². The van der Waals surface area contributed by atoms with E-state index in [2.05, 4.69) is 11.9 Å². The molecule has 0 aliphatic heterocycles. The number of nitrogens with zero attached hydrogens (tertiary/aromatic N) is 1. The van der Waals surface area contributed by atoms with Crippen LogP contribution < -0.4 is 10.5 Å². The van der Waals surface area contributed by atoms with Crippen molar-refractivity contribution in [2.75, 3.05) is 12.3 Å². The molecule has 2 aromatic rings. The van der Waals surface area contributed by atoms with Gasteiger partial charge in [-0.1, -0.05) is 0 Å². The molecule has 0 aliphatic carbocycles. The molecule has 0 fully saturated rings.